The molecule has 0 spiro atoms. The van der Waals surface area contributed by atoms with Gasteiger partial charge in [0.05, 0.1) is 0 Å². The van der Waals surface area contributed by atoms with E-state index in [1.165, 1.54) is 5.39 Å². The van der Waals surface area contributed by atoms with E-state index in [1.54, 1.807) is 12.4 Å². The SMILES string of the molecule is CNCCC(=O)Nc1ccc(-c2c(C)ncnc2C)c(C#Cc2ccc3ccccc3c2)n1. The predicted molar refractivity (Wildman–Crippen MR) is 132 cm³/mol. The van der Waals surface area contributed by atoms with E-state index in [4.69, 9.17) is 0 Å². The number of carbonyl (C=O) groups excluding carboxylic acids is 1. The first-order valence-electron chi connectivity index (χ1n) is 10.8. The smallest absolute Gasteiger partial charge is 0.226 e. The average molecular weight is 436 g/mol. The first-order valence-corrected chi connectivity index (χ1v) is 10.8. The third kappa shape index (κ3) is 5.22. The number of nitrogens with zero attached hydrogens (tertiary/aromatic N) is 3. The molecule has 4 rings (SSSR count). The molecule has 0 aliphatic rings. The minimum Gasteiger partial charge on any atom is -0.319 e. The molecule has 1 amide bonds. The summed E-state index contributed by atoms with van der Waals surface area (Å²) >= 11 is 0. The second-order valence-corrected chi connectivity index (χ2v) is 7.73. The molecule has 0 saturated heterocycles. The summed E-state index contributed by atoms with van der Waals surface area (Å²) in [5, 5.41) is 8.13. The summed E-state index contributed by atoms with van der Waals surface area (Å²) in [6, 6.07) is 18.0. The molecule has 0 aliphatic carbocycles. The van der Waals surface area contributed by atoms with Crippen LogP contribution in [0.2, 0.25) is 0 Å². The summed E-state index contributed by atoms with van der Waals surface area (Å²) in [6.07, 6.45) is 1.92. The van der Waals surface area contributed by atoms with E-state index < -0.39 is 0 Å². The molecule has 0 aliphatic heterocycles. The van der Waals surface area contributed by atoms with Crippen LogP contribution in [0.1, 0.15) is 29.1 Å². The van der Waals surface area contributed by atoms with Crippen LogP contribution >= 0.6 is 0 Å². The Morgan fingerprint density at radius 2 is 1.70 bits per heavy atom. The van der Waals surface area contributed by atoms with E-state index in [0.717, 1.165) is 33.5 Å². The highest BCUT2D eigenvalue weighted by Gasteiger charge is 2.14. The highest BCUT2D eigenvalue weighted by molar-refractivity contribution is 5.90. The number of benzene rings is 2. The Balaban J connectivity index is 1.77. The van der Waals surface area contributed by atoms with Crippen LogP contribution in [0.5, 0.6) is 0 Å². The van der Waals surface area contributed by atoms with Gasteiger partial charge in [-0.05, 0) is 61.9 Å². The van der Waals surface area contributed by atoms with Gasteiger partial charge in [-0.15, -0.1) is 0 Å². The van der Waals surface area contributed by atoms with Gasteiger partial charge in [-0.2, -0.15) is 0 Å². The minimum atomic E-state index is -0.103. The first-order chi connectivity index (χ1) is 16.0. The van der Waals surface area contributed by atoms with E-state index in [1.807, 2.05) is 45.2 Å². The molecule has 33 heavy (non-hydrogen) atoms. The summed E-state index contributed by atoms with van der Waals surface area (Å²) in [6.45, 7) is 4.48. The molecule has 0 fully saturated rings. The maximum Gasteiger partial charge on any atom is 0.226 e. The number of hydrogen-bond acceptors (Lipinski definition) is 5. The molecule has 2 heterocycles. The molecule has 6 nitrogen and oxygen atoms in total. The maximum absolute atomic E-state index is 12.2. The van der Waals surface area contributed by atoms with Gasteiger partial charge in [-0.25, -0.2) is 15.0 Å². The van der Waals surface area contributed by atoms with Crippen LogP contribution in [0.25, 0.3) is 21.9 Å². The van der Waals surface area contributed by atoms with Crippen molar-refractivity contribution in [1.82, 2.24) is 20.3 Å². The van der Waals surface area contributed by atoms with Crippen molar-refractivity contribution in [2.75, 3.05) is 18.9 Å². The number of fused-ring (bicyclic) bond motifs is 1. The van der Waals surface area contributed by atoms with Crippen LogP contribution in [-0.2, 0) is 4.79 Å². The number of aryl methyl sites for hydroxylation is 2. The van der Waals surface area contributed by atoms with Crippen LogP contribution < -0.4 is 10.6 Å². The van der Waals surface area contributed by atoms with Crippen molar-refractivity contribution in [2.24, 2.45) is 0 Å². The van der Waals surface area contributed by atoms with Gasteiger partial charge >= 0.3 is 0 Å². The molecule has 4 aromatic rings. The van der Waals surface area contributed by atoms with Crippen molar-refractivity contribution < 1.29 is 4.79 Å². The number of amides is 1. The van der Waals surface area contributed by atoms with Gasteiger partial charge in [0.25, 0.3) is 0 Å². The van der Waals surface area contributed by atoms with Crippen molar-refractivity contribution in [1.29, 1.82) is 0 Å². The number of pyridine rings is 1. The summed E-state index contributed by atoms with van der Waals surface area (Å²) in [7, 11) is 1.81. The molecule has 0 atom stereocenters. The van der Waals surface area contributed by atoms with Gasteiger partial charge < -0.3 is 10.6 Å². The van der Waals surface area contributed by atoms with Crippen molar-refractivity contribution >= 4 is 22.5 Å². The number of nitrogens with one attached hydrogen (secondary N) is 2. The second-order valence-electron chi connectivity index (χ2n) is 7.73. The highest BCUT2D eigenvalue weighted by Crippen LogP contribution is 2.28. The first kappa shape index (κ1) is 22.1. The number of aromatic nitrogens is 3. The Morgan fingerprint density at radius 3 is 2.45 bits per heavy atom. The van der Waals surface area contributed by atoms with E-state index in [2.05, 4.69) is 61.7 Å². The molecule has 0 saturated carbocycles. The van der Waals surface area contributed by atoms with Gasteiger partial charge in [-0.3, -0.25) is 4.79 Å². The number of rotatable bonds is 5. The largest absolute Gasteiger partial charge is 0.319 e. The Bertz CT molecular complexity index is 1360. The maximum atomic E-state index is 12.2. The molecule has 0 radical (unpaired) electrons. The van der Waals surface area contributed by atoms with Crippen LogP contribution in [0.4, 0.5) is 5.82 Å². The highest BCUT2D eigenvalue weighted by atomic mass is 16.1. The van der Waals surface area contributed by atoms with Gasteiger partial charge in [0.2, 0.25) is 5.91 Å². The van der Waals surface area contributed by atoms with E-state index in [0.29, 0.717) is 24.5 Å². The van der Waals surface area contributed by atoms with Crippen LogP contribution in [-0.4, -0.2) is 34.5 Å². The van der Waals surface area contributed by atoms with Crippen molar-refractivity contribution in [3.8, 4) is 23.0 Å². The Morgan fingerprint density at radius 1 is 0.939 bits per heavy atom. The quantitative estimate of drug-likeness (QED) is 0.458. The number of hydrogen-bond donors (Lipinski definition) is 2. The Kier molecular flexibility index (Phi) is 6.72. The fraction of sp³-hybridized carbons (Fsp3) is 0.185. The minimum absolute atomic E-state index is 0.103. The van der Waals surface area contributed by atoms with Crippen LogP contribution in [0.15, 0.2) is 60.9 Å². The number of carbonyl (C=O) groups is 1. The Hall–Kier alpha value is -4.08. The molecular weight excluding hydrogens is 410 g/mol. The lowest BCUT2D eigenvalue weighted by Gasteiger charge is -2.12. The van der Waals surface area contributed by atoms with E-state index in [9.17, 15) is 4.79 Å². The van der Waals surface area contributed by atoms with E-state index >= 15 is 0 Å². The average Bonchev–Trinajstić information content (AvgIpc) is 2.82. The van der Waals surface area contributed by atoms with E-state index in [-0.39, 0.29) is 5.91 Å². The van der Waals surface area contributed by atoms with Gasteiger partial charge in [0.15, 0.2) is 0 Å². The summed E-state index contributed by atoms with van der Waals surface area (Å²) < 4.78 is 0. The molecule has 6 heteroatoms. The monoisotopic (exact) mass is 435 g/mol. The van der Waals surface area contributed by atoms with Crippen molar-refractivity contribution in [3.05, 3.63) is 83.6 Å². The van der Waals surface area contributed by atoms with Crippen molar-refractivity contribution in [3.63, 3.8) is 0 Å². The zero-order chi connectivity index (χ0) is 23.2. The van der Waals surface area contributed by atoms with Gasteiger partial charge in [0, 0.05) is 41.0 Å². The zero-order valence-corrected chi connectivity index (χ0v) is 18.9. The zero-order valence-electron chi connectivity index (χ0n) is 18.9. The Labute approximate surface area is 193 Å². The fourth-order valence-corrected chi connectivity index (χ4v) is 3.65. The molecule has 2 aromatic heterocycles. The van der Waals surface area contributed by atoms with Gasteiger partial charge in [0.1, 0.15) is 17.8 Å². The molecule has 2 N–H and O–H groups in total. The van der Waals surface area contributed by atoms with Crippen molar-refractivity contribution in [2.45, 2.75) is 20.3 Å². The lowest BCUT2D eigenvalue weighted by Crippen LogP contribution is -2.19. The third-order valence-corrected chi connectivity index (χ3v) is 5.34. The van der Waals surface area contributed by atoms with Crippen LogP contribution in [0.3, 0.4) is 0 Å². The normalized spacial score (nSPS) is 10.5. The standard InChI is InChI=1S/C27H25N5O/c1-18-27(19(2)30-17-29-18)23-11-13-25(32-26(33)14-15-28-3)31-24(23)12-9-20-8-10-21-6-4-5-7-22(21)16-20/h4-8,10-11,13,16-17,28H,14-15H2,1-3H3,(H,31,32,33). The molecular formula is C27H25N5O. The lowest BCUT2D eigenvalue weighted by atomic mass is 10.0. The summed E-state index contributed by atoms with van der Waals surface area (Å²) in [4.78, 5) is 25.6. The molecule has 2 aromatic carbocycles. The second kappa shape index (κ2) is 10.0. The third-order valence-electron chi connectivity index (χ3n) is 5.34. The summed E-state index contributed by atoms with van der Waals surface area (Å²) in [5.41, 5.74) is 4.90. The predicted octanol–water partition coefficient (Wildman–Crippen LogP) is 4.26. The fourth-order valence-electron chi connectivity index (χ4n) is 3.65. The molecule has 0 bridgehead atoms. The molecule has 0 unspecified atom stereocenters. The molecule has 164 valence electrons. The lowest BCUT2D eigenvalue weighted by molar-refractivity contribution is -0.116. The van der Waals surface area contributed by atoms with Gasteiger partial charge in [-0.1, -0.05) is 36.3 Å². The van der Waals surface area contributed by atoms with Crippen LogP contribution in [0, 0.1) is 25.7 Å². The topological polar surface area (TPSA) is 79.8 Å². The number of anilines is 1. The summed E-state index contributed by atoms with van der Waals surface area (Å²) in [5.74, 6) is 6.83.